The van der Waals surface area contributed by atoms with Crippen LogP contribution in [0.2, 0.25) is 0 Å². The second kappa shape index (κ2) is 12.8. The molecular weight excluding hydrogens is 370 g/mol. The van der Waals surface area contributed by atoms with Crippen LogP contribution in [0, 0.1) is 5.92 Å². The fraction of sp³-hybridized carbons (Fsp3) is 0.952. The molecule has 0 aromatic carbocycles. The summed E-state index contributed by atoms with van der Waals surface area (Å²) in [4.78, 5) is 9.98. The topological polar surface area (TPSA) is 60.0 Å². The van der Waals surface area contributed by atoms with Crippen molar-refractivity contribution >= 4 is 16.8 Å². The summed E-state index contributed by atoms with van der Waals surface area (Å²) in [6.07, 6.45) is 4.42. The van der Waals surface area contributed by atoms with E-state index in [1.54, 1.807) is 0 Å². The van der Waals surface area contributed by atoms with E-state index in [4.69, 9.17) is 4.99 Å². The molecule has 4 atom stereocenters. The number of guanidine groups is 1. The van der Waals surface area contributed by atoms with Crippen LogP contribution in [0.1, 0.15) is 53.4 Å². The SMILES string of the molecule is CCNC(=NCC(C)CN1CCN(CC)CC1)NC1CCCC(S(=O)CC)C1. The lowest BCUT2D eigenvalue weighted by Gasteiger charge is -2.35. The van der Waals surface area contributed by atoms with Gasteiger partial charge in [-0.25, -0.2) is 0 Å². The molecule has 2 N–H and O–H groups in total. The molecule has 28 heavy (non-hydrogen) atoms. The van der Waals surface area contributed by atoms with Gasteiger partial charge in [0.1, 0.15) is 0 Å². The van der Waals surface area contributed by atoms with Gasteiger partial charge in [-0.2, -0.15) is 0 Å². The number of likely N-dealkylation sites (N-methyl/N-ethyl adjacent to an activating group) is 1. The summed E-state index contributed by atoms with van der Waals surface area (Å²) in [5.74, 6) is 2.25. The summed E-state index contributed by atoms with van der Waals surface area (Å²) >= 11 is 0. The monoisotopic (exact) mass is 413 g/mol. The molecule has 2 aliphatic rings. The molecule has 2 fully saturated rings. The Kier molecular flexibility index (Phi) is 10.8. The maximum atomic E-state index is 12.2. The van der Waals surface area contributed by atoms with E-state index in [1.165, 1.54) is 32.7 Å². The van der Waals surface area contributed by atoms with E-state index in [1.807, 2.05) is 6.92 Å². The number of nitrogens with one attached hydrogen (secondary N) is 2. The molecule has 2 rings (SSSR count). The number of piperazine rings is 1. The Hall–Kier alpha value is -0.660. The van der Waals surface area contributed by atoms with Gasteiger partial charge in [0.2, 0.25) is 0 Å². The third-order valence-electron chi connectivity index (χ3n) is 6.01. The average molecular weight is 414 g/mol. The lowest BCUT2D eigenvalue weighted by Crippen LogP contribution is -2.48. The van der Waals surface area contributed by atoms with Gasteiger partial charge in [-0.3, -0.25) is 9.20 Å². The first-order valence-corrected chi connectivity index (χ1v) is 12.8. The smallest absolute Gasteiger partial charge is 0.191 e. The highest BCUT2D eigenvalue weighted by Gasteiger charge is 2.26. The highest BCUT2D eigenvalue weighted by atomic mass is 32.2. The van der Waals surface area contributed by atoms with Crippen LogP contribution in [-0.4, -0.2) is 89.4 Å². The van der Waals surface area contributed by atoms with Crippen molar-refractivity contribution in [3.63, 3.8) is 0 Å². The average Bonchev–Trinajstić information content (AvgIpc) is 2.72. The van der Waals surface area contributed by atoms with Crippen molar-refractivity contribution in [3.8, 4) is 0 Å². The zero-order valence-electron chi connectivity index (χ0n) is 18.6. The summed E-state index contributed by atoms with van der Waals surface area (Å²) < 4.78 is 12.2. The van der Waals surface area contributed by atoms with Crippen LogP contribution in [0.25, 0.3) is 0 Å². The van der Waals surface area contributed by atoms with Crippen LogP contribution in [0.4, 0.5) is 0 Å². The number of aliphatic imine (C=N–C) groups is 1. The van der Waals surface area contributed by atoms with Gasteiger partial charge in [-0.05, 0) is 38.6 Å². The van der Waals surface area contributed by atoms with Gasteiger partial charge in [0.15, 0.2) is 5.96 Å². The maximum Gasteiger partial charge on any atom is 0.191 e. The van der Waals surface area contributed by atoms with Crippen LogP contribution in [0.3, 0.4) is 0 Å². The van der Waals surface area contributed by atoms with E-state index in [0.29, 0.717) is 17.2 Å². The fourth-order valence-corrected chi connectivity index (χ4v) is 5.65. The maximum absolute atomic E-state index is 12.2. The summed E-state index contributed by atoms with van der Waals surface area (Å²) in [6, 6.07) is 0.393. The largest absolute Gasteiger partial charge is 0.357 e. The minimum atomic E-state index is -0.681. The lowest BCUT2D eigenvalue weighted by atomic mass is 9.95. The molecule has 6 nitrogen and oxygen atoms in total. The Morgan fingerprint density at radius 2 is 1.86 bits per heavy atom. The first-order chi connectivity index (χ1) is 13.5. The van der Waals surface area contributed by atoms with Gasteiger partial charge >= 0.3 is 0 Å². The van der Waals surface area contributed by atoms with E-state index in [-0.39, 0.29) is 0 Å². The molecule has 1 saturated carbocycles. The molecule has 1 aliphatic heterocycles. The third kappa shape index (κ3) is 7.99. The minimum Gasteiger partial charge on any atom is -0.357 e. The van der Waals surface area contributed by atoms with Gasteiger partial charge in [-0.1, -0.05) is 27.2 Å². The Balaban J connectivity index is 1.80. The van der Waals surface area contributed by atoms with Gasteiger partial charge < -0.3 is 20.4 Å². The van der Waals surface area contributed by atoms with Gasteiger partial charge in [0, 0.05) is 73.7 Å². The van der Waals surface area contributed by atoms with Crippen LogP contribution in [0.15, 0.2) is 4.99 Å². The Morgan fingerprint density at radius 1 is 1.14 bits per heavy atom. The molecule has 7 heteroatoms. The lowest BCUT2D eigenvalue weighted by molar-refractivity contribution is 0.125. The molecule has 0 aromatic heterocycles. The van der Waals surface area contributed by atoms with Crippen molar-refractivity contribution in [2.45, 2.75) is 64.7 Å². The minimum absolute atomic E-state index is 0.347. The molecule has 0 radical (unpaired) electrons. The molecular formula is C21H43N5OS. The molecule has 164 valence electrons. The molecule has 4 unspecified atom stereocenters. The van der Waals surface area contributed by atoms with Crippen molar-refractivity contribution < 1.29 is 4.21 Å². The van der Waals surface area contributed by atoms with Crippen molar-refractivity contribution in [1.29, 1.82) is 0 Å². The van der Waals surface area contributed by atoms with Crippen LogP contribution >= 0.6 is 0 Å². The molecule has 0 bridgehead atoms. The molecule has 1 heterocycles. The highest BCUT2D eigenvalue weighted by molar-refractivity contribution is 7.85. The summed E-state index contributed by atoms with van der Waals surface area (Å²) in [6.45, 7) is 17.5. The fourth-order valence-electron chi connectivity index (χ4n) is 4.30. The van der Waals surface area contributed by atoms with E-state index >= 15 is 0 Å². The Labute approximate surface area is 175 Å². The van der Waals surface area contributed by atoms with Crippen molar-refractivity contribution in [2.75, 3.05) is 58.1 Å². The van der Waals surface area contributed by atoms with E-state index in [0.717, 1.165) is 57.0 Å². The normalized spacial score (nSPS) is 27.4. The molecule has 0 spiro atoms. The number of hydrogen-bond donors (Lipinski definition) is 2. The second-order valence-electron chi connectivity index (χ2n) is 8.36. The first kappa shape index (κ1) is 23.6. The van der Waals surface area contributed by atoms with Gasteiger partial charge in [-0.15, -0.1) is 0 Å². The zero-order valence-corrected chi connectivity index (χ0v) is 19.4. The zero-order chi connectivity index (χ0) is 20.4. The third-order valence-corrected chi connectivity index (χ3v) is 7.75. The van der Waals surface area contributed by atoms with Gasteiger partial charge in [0.05, 0.1) is 0 Å². The van der Waals surface area contributed by atoms with Crippen molar-refractivity contribution in [2.24, 2.45) is 10.9 Å². The molecule has 1 saturated heterocycles. The molecule has 0 aromatic rings. The Bertz CT molecular complexity index is 493. The Morgan fingerprint density at radius 3 is 2.50 bits per heavy atom. The van der Waals surface area contributed by atoms with Crippen LogP contribution in [0.5, 0.6) is 0 Å². The predicted molar refractivity (Wildman–Crippen MR) is 122 cm³/mol. The predicted octanol–water partition coefficient (Wildman–Crippen LogP) is 1.89. The highest BCUT2D eigenvalue weighted by Crippen LogP contribution is 2.23. The summed E-state index contributed by atoms with van der Waals surface area (Å²) in [7, 11) is -0.681. The van der Waals surface area contributed by atoms with E-state index in [2.05, 4.69) is 41.2 Å². The number of rotatable bonds is 9. The molecule has 1 aliphatic carbocycles. The standard InChI is InChI=1S/C21H43N5OS/c1-5-22-21(24-19-9-8-10-20(15-19)28(27)7-3)23-16-18(4)17-26-13-11-25(6-2)12-14-26/h18-20H,5-17H2,1-4H3,(H2,22,23,24). The van der Waals surface area contributed by atoms with Crippen molar-refractivity contribution in [1.82, 2.24) is 20.4 Å². The van der Waals surface area contributed by atoms with E-state index < -0.39 is 10.8 Å². The summed E-state index contributed by atoms with van der Waals surface area (Å²) in [5.41, 5.74) is 0. The van der Waals surface area contributed by atoms with Crippen molar-refractivity contribution in [3.05, 3.63) is 0 Å². The second-order valence-corrected chi connectivity index (χ2v) is 10.4. The van der Waals surface area contributed by atoms with Gasteiger partial charge in [0.25, 0.3) is 0 Å². The van der Waals surface area contributed by atoms with Crippen LogP contribution in [-0.2, 0) is 10.8 Å². The van der Waals surface area contributed by atoms with Crippen LogP contribution < -0.4 is 10.6 Å². The quantitative estimate of drug-likeness (QED) is 0.447. The first-order valence-electron chi connectivity index (χ1n) is 11.4. The number of nitrogens with zero attached hydrogens (tertiary/aromatic N) is 3. The van der Waals surface area contributed by atoms with E-state index in [9.17, 15) is 4.21 Å². The molecule has 0 amide bonds. The number of hydrogen-bond acceptors (Lipinski definition) is 4. The summed E-state index contributed by atoms with van der Waals surface area (Å²) in [5, 5.41) is 7.37.